The molecule has 4 nitrogen and oxygen atoms in total. The largest absolute Gasteiger partial charge is 0.434 e. The van der Waals surface area contributed by atoms with Gasteiger partial charge in [0.1, 0.15) is 22.4 Å². The van der Waals surface area contributed by atoms with E-state index in [0.29, 0.717) is 10.3 Å². The molecule has 0 atom stereocenters. The average molecular weight is 344 g/mol. The Bertz CT molecular complexity index is 610. The second-order valence-electron chi connectivity index (χ2n) is 3.94. The van der Waals surface area contributed by atoms with Crippen LogP contribution >= 0.6 is 15.9 Å². The molecule has 1 aromatic heterocycles. The van der Waals surface area contributed by atoms with Crippen LogP contribution in [0.2, 0.25) is 0 Å². The molecule has 20 heavy (non-hydrogen) atoms. The monoisotopic (exact) mass is 343 g/mol. The molecule has 0 bridgehead atoms. The summed E-state index contributed by atoms with van der Waals surface area (Å²) >= 11 is 3.28. The summed E-state index contributed by atoms with van der Waals surface area (Å²) in [6.07, 6.45) is 2.21. The van der Waals surface area contributed by atoms with Gasteiger partial charge in [-0.05, 0) is 34.5 Å². The first-order valence-corrected chi connectivity index (χ1v) is 6.78. The van der Waals surface area contributed by atoms with Crippen LogP contribution in [0.5, 0.6) is 11.6 Å². The van der Waals surface area contributed by atoms with Gasteiger partial charge in [0.25, 0.3) is 0 Å². The van der Waals surface area contributed by atoms with E-state index in [-0.39, 0.29) is 11.6 Å². The Morgan fingerprint density at radius 3 is 2.85 bits per heavy atom. The van der Waals surface area contributed by atoms with Gasteiger partial charge in [-0.1, -0.05) is 6.92 Å². The fraction of sp³-hybridized carbons (Fsp3) is 0.231. The predicted molar refractivity (Wildman–Crippen MR) is 74.9 cm³/mol. The van der Waals surface area contributed by atoms with Crippen molar-refractivity contribution in [1.29, 1.82) is 0 Å². The summed E-state index contributed by atoms with van der Waals surface area (Å²) in [5.41, 5.74) is 0. The fourth-order valence-electron chi connectivity index (χ4n) is 1.45. The maximum Gasteiger partial charge on any atom is 0.239 e. The maximum atomic E-state index is 13.5. The fourth-order valence-corrected chi connectivity index (χ4v) is 1.88. The number of aromatic nitrogens is 2. The summed E-state index contributed by atoms with van der Waals surface area (Å²) in [6, 6.07) is 2.98. The van der Waals surface area contributed by atoms with Crippen LogP contribution in [0.15, 0.2) is 29.0 Å². The average Bonchev–Trinajstić information content (AvgIpc) is 2.44. The van der Waals surface area contributed by atoms with Crippen LogP contribution in [0.1, 0.15) is 13.3 Å². The first-order chi connectivity index (χ1) is 9.61. The minimum absolute atomic E-state index is 0.114. The van der Waals surface area contributed by atoms with Gasteiger partial charge in [-0.2, -0.15) is 0 Å². The second kappa shape index (κ2) is 6.60. The number of nitrogens with zero attached hydrogens (tertiary/aromatic N) is 2. The van der Waals surface area contributed by atoms with Gasteiger partial charge >= 0.3 is 0 Å². The van der Waals surface area contributed by atoms with Crippen molar-refractivity contribution < 1.29 is 13.5 Å². The van der Waals surface area contributed by atoms with Crippen molar-refractivity contribution in [3.63, 3.8) is 0 Å². The van der Waals surface area contributed by atoms with Crippen molar-refractivity contribution in [3.05, 3.63) is 40.6 Å². The maximum absolute atomic E-state index is 13.5. The zero-order valence-corrected chi connectivity index (χ0v) is 12.2. The highest BCUT2D eigenvalue weighted by Crippen LogP contribution is 2.33. The van der Waals surface area contributed by atoms with Gasteiger partial charge in [0, 0.05) is 12.6 Å². The van der Waals surface area contributed by atoms with Gasteiger partial charge in [0.2, 0.25) is 5.88 Å². The lowest BCUT2D eigenvalue weighted by atomic mass is 10.3. The van der Waals surface area contributed by atoms with Gasteiger partial charge in [-0.25, -0.2) is 18.7 Å². The molecule has 0 radical (unpaired) electrons. The number of hydrogen-bond acceptors (Lipinski definition) is 4. The highest BCUT2D eigenvalue weighted by molar-refractivity contribution is 9.10. The van der Waals surface area contributed by atoms with Crippen LogP contribution in [-0.4, -0.2) is 16.5 Å². The molecule has 7 heteroatoms. The van der Waals surface area contributed by atoms with E-state index >= 15 is 0 Å². The molecule has 0 aliphatic heterocycles. The molecular formula is C13H12BrF2N3O. The standard InChI is InChI=1S/C13H12BrF2N3O/c1-2-5-17-12-11(14)13(19-7-18-12)20-10-6-8(15)3-4-9(10)16/h3-4,6-7H,2,5H2,1H3,(H,17,18,19). The zero-order chi connectivity index (χ0) is 14.5. The highest BCUT2D eigenvalue weighted by atomic mass is 79.9. The van der Waals surface area contributed by atoms with Gasteiger partial charge in [-0.3, -0.25) is 0 Å². The van der Waals surface area contributed by atoms with Crippen LogP contribution in [0, 0.1) is 11.6 Å². The number of anilines is 1. The summed E-state index contributed by atoms with van der Waals surface area (Å²) in [7, 11) is 0. The molecule has 106 valence electrons. The van der Waals surface area contributed by atoms with Crippen molar-refractivity contribution >= 4 is 21.7 Å². The summed E-state index contributed by atoms with van der Waals surface area (Å²) in [4.78, 5) is 7.94. The quantitative estimate of drug-likeness (QED) is 0.886. The third-order valence-electron chi connectivity index (χ3n) is 2.40. The molecule has 0 amide bonds. The molecule has 0 unspecified atom stereocenters. The lowest BCUT2D eigenvalue weighted by Crippen LogP contribution is -2.04. The third kappa shape index (κ3) is 3.41. The molecule has 1 aromatic carbocycles. The van der Waals surface area contributed by atoms with Crippen LogP contribution in [0.4, 0.5) is 14.6 Å². The van der Waals surface area contributed by atoms with Crippen molar-refractivity contribution in [3.8, 4) is 11.6 Å². The van der Waals surface area contributed by atoms with E-state index in [1.54, 1.807) is 0 Å². The van der Waals surface area contributed by atoms with Crippen molar-refractivity contribution in [2.45, 2.75) is 13.3 Å². The molecule has 1 heterocycles. The van der Waals surface area contributed by atoms with Crippen molar-refractivity contribution in [1.82, 2.24) is 9.97 Å². The van der Waals surface area contributed by atoms with Gasteiger partial charge in [0.05, 0.1) is 0 Å². The third-order valence-corrected chi connectivity index (χ3v) is 3.11. The van der Waals surface area contributed by atoms with Crippen LogP contribution in [0.25, 0.3) is 0 Å². The molecule has 0 spiro atoms. The molecular weight excluding hydrogens is 332 g/mol. The summed E-state index contributed by atoms with van der Waals surface area (Å²) in [6.45, 7) is 2.74. The summed E-state index contributed by atoms with van der Waals surface area (Å²) in [5, 5.41) is 3.07. The Kier molecular flexibility index (Phi) is 4.84. The Balaban J connectivity index is 2.27. The van der Waals surface area contributed by atoms with E-state index < -0.39 is 11.6 Å². The van der Waals surface area contributed by atoms with E-state index in [9.17, 15) is 8.78 Å². The zero-order valence-electron chi connectivity index (χ0n) is 10.7. The predicted octanol–water partition coefficient (Wildman–Crippen LogP) is 4.13. The first-order valence-electron chi connectivity index (χ1n) is 5.99. The number of nitrogens with one attached hydrogen (secondary N) is 1. The van der Waals surface area contributed by atoms with Crippen LogP contribution < -0.4 is 10.1 Å². The molecule has 0 saturated carbocycles. The lowest BCUT2D eigenvalue weighted by molar-refractivity contribution is 0.419. The van der Waals surface area contributed by atoms with Crippen molar-refractivity contribution in [2.75, 3.05) is 11.9 Å². The van der Waals surface area contributed by atoms with Gasteiger partial charge < -0.3 is 10.1 Å². The minimum atomic E-state index is -0.667. The summed E-state index contributed by atoms with van der Waals surface area (Å²) < 4.78 is 32.4. The smallest absolute Gasteiger partial charge is 0.239 e. The Morgan fingerprint density at radius 1 is 1.30 bits per heavy atom. The second-order valence-corrected chi connectivity index (χ2v) is 4.74. The molecule has 0 saturated heterocycles. The molecule has 2 rings (SSSR count). The normalized spacial score (nSPS) is 10.4. The van der Waals surface area contributed by atoms with E-state index in [1.165, 1.54) is 6.33 Å². The van der Waals surface area contributed by atoms with Crippen molar-refractivity contribution in [2.24, 2.45) is 0 Å². The van der Waals surface area contributed by atoms with E-state index in [4.69, 9.17) is 4.74 Å². The molecule has 0 aliphatic rings. The molecule has 2 aromatic rings. The number of halogens is 3. The molecule has 0 fully saturated rings. The minimum Gasteiger partial charge on any atom is -0.434 e. The van der Waals surface area contributed by atoms with E-state index in [2.05, 4.69) is 31.2 Å². The van der Waals surface area contributed by atoms with E-state index in [0.717, 1.165) is 31.2 Å². The molecule has 0 aliphatic carbocycles. The van der Waals surface area contributed by atoms with Crippen LogP contribution in [0.3, 0.4) is 0 Å². The number of ether oxygens (including phenoxy) is 1. The SMILES string of the molecule is CCCNc1ncnc(Oc2cc(F)ccc2F)c1Br. The lowest BCUT2D eigenvalue weighted by Gasteiger charge is -2.10. The number of benzene rings is 1. The number of hydrogen-bond donors (Lipinski definition) is 1. The van der Waals surface area contributed by atoms with E-state index in [1.807, 2.05) is 6.92 Å². The summed E-state index contributed by atoms with van der Waals surface area (Å²) in [5.74, 6) is -0.835. The highest BCUT2D eigenvalue weighted by Gasteiger charge is 2.13. The first kappa shape index (κ1) is 14.6. The Morgan fingerprint density at radius 2 is 2.10 bits per heavy atom. The van der Waals surface area contributed by atoms with Crippen LogP contribution in [-0.2, 0) is 0 Å². The topological polar surface area (TPSA) is 47.0 Å². The van der Waals surface area contributed by atoms with Gasteiger partial charge in [0.15, 0.2) is 11.6 Å². The van der Waals surface area contributed by atoms with Gasteiger partial charge in [-0.15, -0.1) is 0 Å². The Hall–Kier alpha value is -1.76. The number of rotatable bonds is 5. The molecule has 1 N–H and O–H groups in total. The Labute approximate surface area is 123 Å².